The molecule has 5 rings (SSSR count). The summed E-state index contributed by atoms with van der Waals surface area (Å²) in [5.74, 6) is 0. The fourth-order valence-corrected chi connectivity index (χ4v) is 3.81. The number of aryl methyl sites for hydroxylation is 2. The number of hydrogen-bond acceptors (Lipinski definition) is 6. The summed E-state index contributed by atoms with van der Waals surface area (Å²) in [6.07, 6.45) is 5.49. The van der Waals surface area contributed by atoms with Gasteiger partial charge < -0.3 is 4.84 Å². The molecule has 0 bridgehead atoms. The van der Waals surface area contributed by atoms with Crippen LogP contribution in [0.1, 0.15) is 33.6 Å². The van der Waals surface area contributed by atoms with Crippen molar-refractivity contribution in [2.24, 2.45) is 5.16 Å². The van der Waals surface area contributed by atoms with Crippen LogP contribution in [0.5, 0.6) is 0 Å². The number of fused-ring (bicyclic) bond motifs is 1. The van der Waals surface area contributed by atoms with Crippen LogP contribution in [0, 0.1) is 25.2 Å². The molecule has 3 aromatic heterocycles. The molecule has 0 radical (unpaired) electrons. The summed E-state index contributed by atoms with van der Waals surface area (Å²) in [5, 5.41) is 21.4. The van der Waals surface area contributed by atoms with Gasteiger partial charge in [0.1, 0.15) is 11.3 Å². The highest BCUT2D eigenvalue weighted by Gasteiger charge is 2.14. The minimum Gasteiger partial charge on any atom is -0.389 e. The van der Waals surface area contributed by atoms with E-state index < -0.39 is 0 Å². The number of imidazole rings is 1. The van der Waals surface area contributed by atoms with Crippen molar-refractivity contribution < 1.29 is 4.84 Å². The number of nitriles is 1. The Hall–Kier alpha value is -4.77. The molecule has 3 heterocycles. The lowest BCUT2D eigenvalue weighted by molar-refractivity contribution is 0.129. The molecule has 2 aromatic carbocycles. The first-order valence-corrected chi connectivity index (χ1v) is 11.2. The van der Waals surface area contributed by atoms with Crippen LogP contribution >= 0.6 is 0 Å². The van der Waals surface area contributed by atoms with Crippen molar-refractivity contribution in [3.63, 3.8) is 0 Å². The maximum absolute atomic E-state index is 8.92. The predicted molar refractivity (Wildman–Crippen MR) is 133 cm³/mol. The maximum atomic E-state index is 8.92. The second kappa shape index (κ2) is 9.61. The first kappa shape index (κ1) is 22.0. The second-order valence-electron chi connectivity index (χ2n) is 8.32. The zero-order valence-corrected chi connectivity index (χ0v) is 19.5. The average molecular weight is 462 g/mol. The molecule has 35 heavy (non-hydrogen) atoms. The molecule has 0 aliphatic carbocycles. The summed E-state index contributed by atoms with van der Waals surface area (Å²) in [5.41, 5.74) is 8.21. The van der Waals surface area contributed by atoms with Gasteiger partial charge in [0.15, 0.2) is 6.61 Å². The van der Waals surface area contributed by atoms with Gasteiger partial charge in [-0.3, -0.25) is 4.40 Å². The minimum absolute atomic E-state index is 0.194. The number of oxime groups is 1. The lowest BCUT2D eigenvalue weighted by Gasteiger charge is -2.02. The molecular formula is C27H23N7O. The van der Waals surface area contributed by atoms with Gasteiger partial charge in [0.25, 0.3) is 0 Å². The normalized spacial score (nSPS) is 11.2. The minimum atomic E-state index is 0.194. The Morgan fingerprint density at radius 1 is 1.06 bits per heavy atom. The molecule has 0 atom stereocenters. The third kappa shape index (κ3) is 4.80. The summed E-state index contributed by atoms with van der Waals surface area (Å²) < 4.78 is 3.75. The van der Waals surface area contributed by atoms with E-state index in [-0.39, 0.29) is 6.61 Å². The molecule has 0 saturated heterocycles. The van der Waals surface area contributed by atoms with E-state index in [9.17, 15) is 0 Å². The molecule has 0 fully saturated rings. The van der Waals surface area contributed by atoms with E-state index in [0.717, 1.165) is 33.7 Å². The van der Waals surface area contributed by atoms with Crippen molar-refractivity contribution >= 4 is 11.9 Å². The van der Waals surface area contributed by atoms with Gasteiger partial charge in [-0.2, -0.15) is 5.26 Å². The molecule has 8 heteroatoms. The van der Waals surface area contributed by atoms with E-state index in [1.165, 1.54) is 5.56 Å². The molecule has 8 nitrogen and oxygen atoms in total. The number of pyridine rings is 1. The number of aromatic nitrogens is 5. The lowest BCUT2D eigenvalue weighted by atomic mass is 10.1. The zero-order valence-electron chi connectivity index (χ0n) is 19.5. The van der Waals surface area contributed by atoms with Crippen LogP contribution in [0.15, 0.2) is 78.2 Å². The molecule has 5 aromatic rings. The van der Waals surface area contributed by atoms with Crippen LogP contribution in [0.4, 0.5) is 0 Å². The largest absolute Gasteiger partial charge is 0.389 e. The van der Waals surface area contributed by atoms with Crippen LogP contribution < -0.4 is 0 Å². The lowest BCUT2D eigenvalue weighted by Crippen LogP contribution is -2.00. The van der Waals surface area contributed by atoms with Gasteiger partial charge in [0, 0.05) is 11.8 Å². The Labute approximate surface area is 202 Å². The van der Waals surface area contributed by atoms with Crippen LogP contribution in [0.2, 0.25) is 0 Å². The van der Waals surface area contributed by atoms with Gasteiger partial charge in [-0.05, 0) is 43.2 Å². The van der Waals surface area contributed by atoms with E-state index in [1.807, 2.05) is 48.0 Å². The number of nitrogens with zero attached hydrogens (tertiary/aromatic N) is 7. The Balaban J connectivity index is 1.31. The third-order valence-electron chi connectivity index (χ3n) is 5.68. The zero-order chi connectivity index (χ0) is 24.2. The summed E-state index contributed by atoms with van der Waals surface area (Å²) >= 11 is 0. The molecular weight excluding hydrogens is 438 g/mol. The SMILES string of the molecule is Cc1ccc(-c2nc3c(C)cccn3c2/C=N/OCc2cn(Cc3ccc(C#N)cc3)nn2)cc1. The van der Waals surface area contributed by atoms with Crippen molar-refractivity contribution in [3.05, 3.63) is 107 Å². The van der Waals surface area contributed by atoms with Gasteiger partial charge in [0.05, 0.1) is 42.0 Å². The quantitative estimate of drug-likeness (QED) is 0.259. The number of benzene rings is 2. The van der Waals surface area contributed by atoms with Crippen LogP contribution in [0.3, 0.4) is 0 Å². The second-order valence-corrected chi connectivity index (χ2v) is 8.32. The van der Waals surface area contributed by atoms with Crippen LogP contribution in [0.25, 0.3) is 16.9 Å². The molecule has 0 saturated carbocycles. The van der Waals surface area contributed by atoms with Gasteiger partial charge in [-0.25, -0.2) is 9.67 Å². The van der Waals surface area contributed by atoms with Crippen LogP contribution in [-0.4, -0.2) is 30.6 Å². The standard InChI is InChI=1S/C27H23N7O/c1-19-5-11-23(12-6-19)26-25(34-13-3-4-20(2)27(34)30-26)15-29-35-18-24-17-33(32-31-24)16-22-9-7-21(14-28)8-10-22/h3-13,15,17H,16,18H2,1-2H3/b29-15+. The number of rotatable bonds is 7. The van der Waals surface area contributed by atoms with E-state index >= 15 is 0 Å². The summed E-state index contributed by atoms with van der Waals surface area (Å²) in [6.45, 7) is 4.86. The summed E-state index contributed by atoms with van der Waals surface area (Å²) in [6, 6.07) is 21.8. The Bertz CT molecular complexity index is 1540. The van der Waals surface area contributed by atoms with E-state index in [2.05, 4.69) is 52.7 Å². The Kier molecular flexibility index (Phi) is 6.05. The van der Waals surface area contributed by atoms with Crippen molar-refractivity contribution in [2.45, 2.75) is 27.0 Å². The Morgan fingerprint density at radius 3 is 2.63 bits per heavy atom. The van der Waals surface area contributed by atoms with E-state index in [0.29, 0.717) is 17.8 Å². The topological polar surface area (TPSA) is 93.4 Å². The van der Waals surface area contributed by atoms with E-state index in [4.69, 9.17) is 15.1 Å². The van der Waals surface area contributed by atoms with Gasteiger partial charge in [0.2, 0.25) is 0 Å². The number of hydrogen-bond donors (Lipinski definition) is 0. The van der Waals surface area contributed by atoms with Gasteiger partial charge >= 0.3 is 0 Å². The molecule has 0 N–H and O–H groups in total. The fraction of sp³-hybridized carbons (Fsp3) is 0.148. The first-order chi connectivity index (χ1) is 17.1. The van der Waals surface area contributed by atoms with Crippen molar-refractivity contribution in [1.82, 2.24) is 24.4 Å². The van der Waals surface area contributed by atoms with E-state index in [1.54, 1.807) is 23.0 Å². The molecule has 0 amide bonds. The van der Waals surface area contributed by atoms with Gasteiger partial charge in [-0.1, -0.05) is 58.4 Å². The molecule has 0 spiro atoms. The molecule has 0 aliphatic rings. The van der Waals surface area contributed by atoms with Gasteiger partial charge in [-0.15, -0.1) is 5.10 Å². The molecule has 0 aliphatic heterocycles. The molecule has 0 unspecified atom stereocenters. The highest BCUT2D eigenvalue weighted by molar-refractivity contribution is 5.89. The maximum Gasteiger partial charge on any atom is 0.162 e. The highest BCUT2D eigenvalue weighted by atomic mass is 16.6. The monoisotopic (exact) mass is 461 g/mol. The van der Waals surface area contributed by atoms with Crippen molar-refractivity contribution in [3.8, 4) is 17.3 Å². The predicted octanol–water partition coefficient (Wildman–Crippen LogP) is 4.68. The van der Waals surface area contributed by atoms with Crippen molar-refractivity contribution in [2.75, 3.05) is 0 Å². The highest BCUT2D eigenvalue weighted by Crippen LogP contribution is 2.25. The summed E-state index contributed by atoms with van der Waals surface area (Å²) in [7, 11) is 0. The summed E-state index contributed by atoms with van der Waals surface area (Å²) in [4.78, 5) is 10.4. The smallest absolute Gasteiger partial charge is 0.162 e. The van der Waals surface area contributed by atoms with Crippen molar-refractivity contribution in [1.29, 1.82) is 5.26 Å². The third-order valence-corrected chi connectivity index (χ3v) is 5.68. The molecule has 172 valence electrons. The van der Waals surface area contributed by atoms with Crippen LogP contribution in [-0.2, 0) is 18.0 Å². The average Bonchev–Trinajstić information content (AvgIpc) is 3.48. The first-order valence-electron chi connectivity index (χ1n) is 11.2. The fourth-order valence-electron chi connectivity index (χ4n) is 3.81. The Morgan fingerprint density at radius 2 is 1.86 bits per heavy atom.